The van der Waals surface area contributed by atoms with Crippen LogP contribution in [0.5, 0.6) is 0 Å². The van der Waals surface area contributed by atoms with Gasteiger partial charge in [-0.15, -0.1) is 0 Å². The second-order valence-corrected chi connectivity index (χ2v) is 6.56. The van der Waals surface area contributed by atoms with E-state index < -0.39 is 0 Å². The topological polar surface area (TPSA) is 110 Å². The lowest BCUT2D eigenvalue weighted by Crippen LogP contribution is -2.18. The van der Waals surface area contributed by atoms with Gasteiger partial charge < -0.3 is 22.1 Å². The molecule has 142 valence electrons. The number of benzene rings is 3. The first-order chi connectivity index (χ1) is 13.4. The number of carbonyl (C=O) groups is 2. The summed E-state index contributed by atoms with van der Waals surface area (Å²) in [7, 11) is 0. The number of hydrogen-bond donors (Lipinski definition) is 4. The zero-order chi connectivity index (χ0) is 20.3. The molecule has 0 aliphatic carbocycles. The smallest absolute Gasteiger partial charge is 0.257 e. The van der Waals surface area contributed by atoms with Gasteiger partial charge in [0.25, 0.3) is 11.8 Å². The summed E-state index contributed by atoms with van der Waals surface area (Å²) < 4.78 is 0. The van der Waals surface area contributed by atoms with E-state index in [1.165, 1.54) is 0 Å². The zero-order valence-electron chi connectivity index (χ0n) is 15.7. The van der Waals surface area contributed by atoms with Crippen molar-refractivity contribution < 1.29 is 9.59 Å². The number of nitrogen functional groups attached to an aromatic ring is 2. The molecule has 0 atom stereocenters. The molecule has 0 aliphatic rings. The van der Waals surface area contributed by atoms with Gasteiger partial charge in [-0.25, -0.2) is 0 Å². The van der Waals surface area contributed by atoms with Crippen molar-refractivity contribution >= 4 is 34.6 Å². The van der Waals surface area contributed by atoms with E-state index >= 15 is 0 Å². The minimum atomic E-state index is -0.351. The summed E-state index contributed by atoms with van der Waals surface area (Å²) in [5.41, 5.74) is 16.2. The average molecular weight is 374 g/mol. The van der Waals surface area contributed by atoms with Gasteiger partial charge in [0.15, 0.2) is 0 Å². The summed E-state index contributed by atoms with van der Waals surface area (Å²) in [5.74, 6) is -0.702. The Labute approximate surface area is 163 Å². The van der Waals surface area contributed by atoms with Gasteiger partial charge in [0.05, 0.1) is 22.5 Å². The molecule has 3 rings (SSSR count). The highest BCUT2D eigenvalue weighted by Crippen LogP contribution is 2.28. The van der Waals surface area contributed by atoms with Gasteiger partial charge in [-0.2, -0.15) is 0 Å². The maximum Gasteiger partial charge on any atom is 0.257 e. The molecule has 0 spiro atoms. The maximum atomic E-state index is 12.7. The molecule has 0 radical (unpaired) electrons. The molecule has 3 aromatic carbocycles. The first-order valence-electron chi connectivity index (χ1n) is 8.79. The van der Waals surface area contributed by atoms with Crippen molar-refractivity contribution in [3.8, 4) is 0 Å². The third-order valence-corrected chi connectivity index (χ3v) is 4.54. The SMILES string of the molecule is Cc1cc(NC(=O)c2ccccc2N)c(NC(=O)c2ccccc2N)cc1C. The molecule has 6 nitrogen and oxygen atoms in total. The van der Waals surface area contributed by atoms with Crippen LogP contribution in [-0.4, -0.2) is 11.8 Å². The van der Waals surface area contributed by atoms with E-state index in [0.717, 1.165) is 11.1 Å². The third-order valence-electron chi connectivity index (χ3n) is 4.54. The maximum absolute atomic E-state index is 12.7. The van der Waals surface area contributed by atoms with Gasteiger partial charge in [0, 0.05) is 11.4 Å². The van der Waals surface area contributed by atoms with E-state index in [0.29, 0.717) is 33.9 Å². The Kier molecular flexibility index (Phi) is 5.31. The van der Waals surface area contributed by atoms with E-state index in [4.69, 9.17) is 11.5 Å². The molecule has 0 unspecified atom stereocenters. The van der Waals surface area contributed by atoms with Gasteiger partial charge in [0.2, 0.25) is 0 Å². The first-order valence-corrected chi connectivity index (χ1v) is 8.79. The van der Waals surface area contributed by atoms with Crippen molar-refractivity contribution in [3.63, 3.8) is 0 Å². The van der Waals surface area contributed by atoms with Gasteiger partial charge >= 0.3 is 0 Å². The van der Waals surface area contributed by atoms with E-state index in [1.807, 2.05) is 26.0 Å². The van der Waals surface area contributed by atoms with Crippen LogP contribution >= 0.6 is 0 Å². The molecule has 0 bridgehead atoms. The molecular formula is C22H22N4O2. The third kappa shape index (κ3) is 3.96. The number of anilines is 4. The van der Waals surface area contributed by atoms with Gasteiger partial charge in [-0.1, -0.05) is 24.3 Å². The molecular weight excluding hydrogens is 352 g/mol. The molecule has 0 saturated heterocycles. The van der Waals surface area contributed by atoms with Crippen molar-refractivity contribution in [2.75, 3.05) is 22.1 Å². The van der Waals surface area contributed by atoms with Gasteiger partial charge in [-0.3, -0.25) is 9.59 Å². The van der Waals surface area contributed by atoms with E-state index in [-0.39, 0.29) is 11.8 Å². The Morgan fingerprint density at radius 1 is 0.679 bits per heavy atom. The second-order valence-electron chi connectivity index (χ2n) is 6.56. The number of aryl methyl sites for hydroxylation is 2. The molecule has 0 saturated carbocycles. The Balaban J connectivity index is 1.93. The number of hydrogen-bond acceptors (Lipinski definition) is 4. The predicted octanol–water partition coefficient (Wildman–Crippen LogP) is 3.97. The molecule has 0 fully saturated rings. The zero-order valence-corrected chi connectivity index (χ0v) is 15.7. The van der Waals surface area contributed by atoms with E-state index in [2.05, 4.69) is 10.6 Å². The number of nitrogens with one attached hydrogen (secondary N) is 2. The molecule has 28 heavy (non-hydrogen) atoms. The minimum absolute atomic E-state index is 0.351. The standard InChI is InChI=1S/C22H22N4O2/c1-13-11-19(25-21(27)15-7-3-5-9-17(15)23)20(12-14(13)2)26-22(28)16-8-4-6-10-18(16)24/h3-12H,23-24H2,1-2H3,(H,25,27)(H,26,28). The molecule has 3 aromatic rings. The summed E-state index contributed by atoms with van der Waals surface area (Å²) in [6.45, 7) is 3.87. The number of carbonyl (C=O) groups excluding carboxylic acids is 2. The second kappa shape index (κ2) is 7.84. The van der Waals surface area contributed by atoms with Crippen LogP contribution in [0, 0.1) is 13.8 Å². The van der Waals surface area contributed by atoms with Crippen LogP contribution in [-0.2, 0) is 0 Å². The molecule has 0 aliphatic heterocycles. The Morgan fingerprint density at radius 2 is 1.04 bits per heavy atom. The van der Waals surface area contributed by atoms with Crippen LogP contribution in [0.15, 0.2) is 60.7 Å². The van der Waals surface area contributed by atoms with Crippen molar-refractivity contribution in [2.24, 2.45) is 0 Å². The van der Waals surface area contributed by atoms with E-state index in [9.17, 15) is 9.59 Å². The fourth-order valence-electron chi connectivity index (χ4n) is 2.81. The van der Waals surface area contributed by atoms with Crippen LogP contribution in [0.1, 0.15) is 31.8 Å². The number of amides is 2. The first kappa shape index (κ1) is 19.0. The molecule has 0 heterocycles. The Morgan fingerprint density at radius 3 is 1.39 bits per heavy atom. The van der Waals surface area contributed by atoms with Gasteiger partial charge in [0.1, 0.15) is 0 Å². The van der Waals surface area contributed by atoms with Crippen LogP contribution in [0.3, 0.4) is 0 Å². The van der Waals surface area contributed by atoms with Crippen molar-refractivity contribution in [1.82, 2.24) is 0 Å². The predicted molar refractivity (Wildman–Crippen MR) is 114 cm³/mol. The normalized spacial score (nSPS) is 10.4. The summed E-state index contributed by atoms with van der Waals surface area (Å²) >= 11 is 0. The molecule has 6 heteroatoms. The summed E-state index contributed by atoms with van der Waals surface area (Å²) in [5, 5.41) is 5.68. The minimum Gasteiger partial charge on any atom is -0.398 e. The van der Waals surface area contributed by atoms with Crippen LogP contribution < -0.4 is 22.1 Å². The summed E-state index contributed by atoms with van der Waals surface area (Å²) in [4.78, 5) is 25.3. The van der Waals surface area contributed by atoms with Crippen LogP contribution in [0.25, 0.3) is 0 Å². The fourth-order valence-corrected chi connectivity index (χ4v) is 2.81. The highest BCUT2D eigenvalue weighted by atomic mass is 16.2. The Bertz CT molecular complexity index is 976. The van der Waals surface area contributed by atoms with Crippen molar-refractivity contribution in [2.45, 2.75) is 13.8 Å². The van der Waals surface area contributed by atoms with Crippen LogP contribution in [0.4, 0.5) is 22.7 Å². The number of rotatable bonds is 4. The lowest BCUT2D eigenvalue weighted by Gasteiger charge is -2.16. The van der Waals surface area contributed by atoms with Crippen molar-refractivity contribution in [1.29, 1.82) is 0 Å². The Hall–Kier alpha value is -3.80. The fraction of sp³-hybridized carbons (Fsp3) is 0.0909. The summed E-state index contributed by atoms with van der Waals surface area (Å²) in [6, 6.07) is 17.3. The average Bonchev–Trinajstić information content (AvgIpc) is 2.66. The van der Waals surface area contributed by atoms with Crippen molar-refractivity contribution in [3.05, 3.63) is 82.9 Å². The molecule has 0 aromatic heterocycles. The summed E-state index contributed by atoms with van der Waals surface area (Å²) in [6.07, 6.45) is 0. The lowest BCUT2D eigenvalue weighted by atomic mass is 10.1. The van der Waals surface area contributed by atoms with E-state index in [1.54, 1.807) is 48.5 Å². The highest BCUT2D eigenvalue weighted by Gasteiger charge is 2.16. The molecule has 6 N–H and O–H groups in total. The lowest BCUT2D eigenvalue weighted by molar-refractivity contribution is 0.101. The van der Waals surface area contributed by atoms with Gasteiger partial charge in [-0.05, 0) is 61.4 Å². The number of nitrogens with two attached hydrogens (primary N) is 2. The van der Waals surface area contributed by atoms with Crippen LogP contribution in [0.2, 0.25) is 0 Å². The number of para-hydroxylation sites is 2. The quantitative estimate of drug-likeness (QED) is 0.518. The largest absolute Gasteiger partial charge is 0.398 e. The monoisotopic (exact) mass is 374 g/mol. The molecule has 2 amide bonds. The highest BCUT2D eigenvalue weighted by molar-refractivity contribution is 6.12.